The van der Waals surface area contributed by atoms with Crippen LogP contribution in [0, 0.1) is 0 Å². The average Bonchev–Trinajstić information content (AvgIpc) is 3.20. The molecule has 7 heteroatoms. The molecule has 0 fully saturated rings. The number of hydrogen-bond acceptors (Lipinski definition) is 5. The fourth-order valence-electron chi connectivity index (χ4n) is 2.45. The standard InChI is InChI=1S/C15H11ClN2O3S/c16-13-12(18-3-4-22-15(18)17-13)8-21-14(19)9-1-2-10-6-20-7-11(10)5-9/h1-5H,6-8H2. The molecule has 0 amide bonds. The van der Waals surface area contributed by atoms with Crippen molar-refractivity contribution in [3.8, 4) is 0 Å². The molecule has 3 aromatic rings. The predicted octanol–water partition coefficient (Wildman–Crippen LogP) is 3.44. The molecule has 0 atom stereocenters. The quantitative estimate of drug-likeness (QED) is 0.688. The number of thiazole rings is 1. The Morgan fingerprint density at radius 2 is 2.27 bits per heavy atom. The number of ether oxygens (including phenoxy) is 2. The molecule has 1 aliphatic rings. The predicted molar refractivity (Wildman–Crippen MR) is 82.1 cm³/mol. The molecule has 0 spiro atoms. The summed E-state index contributed by atoms with van der Waals surface area (Å²) in [4.78, 5) is 17.2. The minimum Gasteiger partial charge on any atom is -0.456 e. The van der Waals surface area contributed by atoms with E-state index in [1.807, 2.05) is 28.1 Å². The fourth-order valence-corrected chi connectivity index (χ4v) is 3.46. The summed E-state index contributed by atoms with van der Waals surface area (Å²) in [5, 5.41) is 2.27. The lowest BCUT2D eigenvalue weighted by Gasteiger charge is -2.06. The van der Waals surface area contributed by atoms with Crippen LogP contribution in [0.1, 0.15) is 27.2 Å². The third kappa shape index (κ3) is 2.29. The summed E-state index contributed by atoms with van der Waals surface area (Å²) < 4.78 is 12.5. The molecule has 22 heavy (non-hydrogen) atoms. The van der Waals surface area contributed by atoms with Crippen molar-refractivity contribution in [1.82, 2.24) is 9.38 Å². The molecule has 1 aromatic carbocycles. The summed E-state index contributed by atoms with van der Waals surface area (Å²) in [6.45, 7) is 1.23. The van der Waals surface area contributed by atoms with E-state index in [1.54, 1.807) is 6.07 Å². The number of carbonyl (C=O) groups excluding carboxylic acids is 1. The summed E-state index contributed by atoms with van der Waals surface area (Å²) in [5.41, 5.74) is 3.36. The maximum atomic E-state index is 12.2. The molecule has 1 aliphatic heterocycles. The first kappa shape index (κ1) is 13.8. The lowest BCUT2D eigenvalue weighted by Crippen LogP contribution is -2.07. The molecule has 2 aromatic heterocycles. The lowest BCUT2D eigenvalue weighted by atomic mass is 10.1. The zero-order chi connectivity index (χ0) is 15.1. The average molecular weight is 335 g/mol. The van der Waals surface area contributed by atoms with Crippen LogP contribution in [-0.4, -0.2) is 15.4 Å². The summed E-state index contributed by atoms with van der Waals surface area (Å²) in [6, 6.07) is 5.48. The third-order valence-corrected chi connectivity index (χ3v) is 4.67. The molecule has 0 aliphatic carbocycles. The van der Waals surface area contributed by atoms with Crippen LogP contribution in [0.4, 0.5) is 0 Å². The Morgan fingerprint density at radius 1 is 1.41 bits per heavy atom. The van der Waals surface area contributed by atoms with Crippen LogP contribution in [0.5, 0.6) is 0 Å². The van der Waals surface area contributed by atoms with Gasteiger partial charge in [-0.05, 0) is 23.3 Å². The molecule has 0 unspecified atom stereocenters. The van der Waals surface area contributed by atoms with E-state index < -0.39 is 0 Å². The molecule has 5 nitrogen and oxygen atoms in total. The first-order valence-corrected chi connectivity index (χ1v) is 7.95. The van der Waals surface area contributed by atoms with Gasteiger partial charge in [-0.3, -0.25) is 4.40 Å². The van der Waals surface area contributed by atoms with Gasteiger partial charge in [0, 0.05) is 11.6 Å². The van der Waals surface area contributed by atoms with Gasteiger partial charge in [0.25, 0.3) is 0 Å². The zero-order valence-electron chi connectivity index (χ0n) is 11.4. The summed E-state index contributed by atoms with van der Waals surface area (Å²) in [7, 11) is 0. The van der Waals surface area contributed by atoms with Crippen LogP contribution in [-0.2, 0) is 29.3 Å². The number of aromatic nitrogens is 2. The summed E-state index contributed by atoms with van der Waals surface area (Å²) in [6.07, 6.45) is 1.86. The van der Waals surface area contributed by atoms with Crippen molar-refractivity contribution in [2.75, 3.05) is 0 Å². The SMILES string of the molecule is O=C(OCc1c(Cl)nc2sccn12)c1ccc2c(c1)COC2. The molecular weight excluding hydrogens is 324 g/mol. The lowest BCUT2D eigenvalue weighted by molar-refractivity contribution is 0.0467. The normalized spacial score (nSPS) is 13.5. The number of fused-ring (bicyclic) bond motifs is 2. The fraction of sp³-hybridized carbons (Fsp3) is 0.200. The van der Waals surface area contributed by atoms with E-state index in [4.69, 9.17) is 21.1 Å². The van der Waals surface area contributed by atoms with E-state index in [0.29, 0.717) is 29.6 Å². The highest BCUT2D eigenvalue weighted by Gasteiger charge is 2.17. The van der Waals surface area contributed by atoms with Crippen LogP contribution >= 0.6 is 22.9 Å². The Hall–Kier alpha value is -1.89. The van der Waals surface area contributed by atoms with E-state index in [0.717, 1.165) is 16.1 Å². The number of halogens is 1. The Morgan fingerprint density at radius 3 is 3.18 bits per heavy atom. The topological polar surface area (TPSA) is 52.8 Å². The second-order valence-corrected chi connectivity index (χ2v) is 6.19. The maximum absolute atomic E-state index is 12.2. The van der Waals surface area contributed by atoms with Crippen LogP contribution in [0.3, 0.4) is 0 Å². The third-order valence-electron chi connectivity index (χ3n) is 3.61. The van der Waals surface area contributed by atoms with Gasteiger partial charge in [-0.2, -0.15) is 0 Å². The molecule has 0 N–H and O–H groups in total. The summed E-state index contributed by atoms with van der Waals surface area (Å²) >= 11 is 7.56. The van der Waals surface area contributed by atoms with Crippen molar-refractivity contribution in [1.29, 1.82) is 0 Å². The number of rotatable bonds is 3. The molecule has 112 valence electrons. The molecule has 0 bridgehead atoms. The van der Waals surface area contributed by atoms with Crippen LogP contribution in [0.2, 0.25) is 5.15 Å². The number of carbonyl (C=O) groups is 1. The second kappa shape index (κ2) is 5.39. The van der Waals surface area contributed by atoms with Crippen molar-refractivity contribution in [2.24, 2.45) is 0 Å². The van der Waals surface area contributed by atoms with Gasteiger partial charge >= 0.3 is 5.97 Å². The van der Waals surface area contributed by atoms with Crippen molar-refractivity contribution in [3.05, 3.63) is 57.3 Å². The first-order valence-electron chi connectivity index (χ1n) is 6.69. The van der Waals surface area contributed by atoms with E-state index in [-0.39, 0.29) is 12.6 Å². The largest absolute Gasteiger partial charge is 0.456 e. The number of esters is 1. The molecule has 0 radical (unpaired) electrons. The molecule has 0 saturated carbocycles. The second-order valence-electron chi connectivity index (χ2n) is 4.96. The van der Waals surface area contributed by atoms with Crippen molar-refractivity contribution in [3.63, 3.8) is 0 Å². The Balaban J connectivity index is 1.53. The van der Waals surface area contributed by atoms with E-state index in [2.05, 4.69) is 4.98 Å². The van der Waals surface area contributed by atoms with E-state index in [9.17, 15) is 4.79 Å². The highest BCUT2D eigenvalue weighted by Crippen LogP contribution is 2.24. The van der Waals surface area contributed by atoms with Crippen LogP contribution in [0.25, 0.3) is 4.96 Å². The van der Waals surface area contributed by atoms with Gasteiger partial charge in [-0.15, -0.1) is 11.3 Å². The van der Waals surface area contributed by atoms with Gasteiger partial charge in [-0.25, -0.2) is 9.78 Å². The maximum Gasteiger partial charge on any atom is 0.338 e. The highest BCUT2D eigenvalue weighted by atomic mass is 35.5. The van der Waals surface area contributed by atoms with E-state index >= 15 is 0 Å². The number of hydrogen-bond donors (Lipinski definition) is 0. The number of imidazole rings is 1. The Bertz CT molecular complexity index is 871. The van der Waals surface area contributed by atoms with Gasteiger partial charge in [0.05, 0.1) is 24.5 Å². The van der Waals surface area contributed by atoms with Crippen molar-refractivity contribution in [2.45, 2.75) is 19.8 Å². The molecule has 4 rings (SSSR count). The monoisotopic (exact) mass is 334 g/mol. The smallest absolute Gasteiger partial charge is 0.338 e. The zero-order valence-corrected chi connectivity index (χ0v) is 13.0. The van der Waals surface area contributed by atoms with Gasteiger partial charge in [-0.1, -0.05) is 17.7 Å². The van der Waals surface area contributed by atoms with Crippen molar-refractivity contribution >= 4 is 33.9 Å². The summed E-state index contributed by atoms with van der Waals surface area (Å²) in [5.74, 6) is -0.379. The van der Waals surface area contributed by atoms with Crippen LogP contribution in [0.15, 0.2) is 29.8 Å². The minimum atomic E-state index is -0.379. The minimum absolute atomic E-state index is 0.0865. The van der Waals surface area contributed by atoms with Gasteiger partial charge in [0.2, 0.25) is 0 Å². The van der Waals surface area contributed by atoms with Gasteiger partial charge in [0.15, 0.2) is 10.1 Å². The van der Waals surface area contributed by atoms with Gasteiger partial charge < -0.3 is 9.47 Å². The van der Waals surface area contributed by atoms with Crippen molar-refractivity contribution < 1.29 is 14.3 Å². The molecule has 3 heterocycles. The Kier molecular flexibility index (Phi) is 3.37. The first-order chi connectivity index (χ1) is 10.7. The molecular formula is C15H11ClN2O3S. The number of nitrogens with zero attached hydrogens (tertiary/aromatic N) is 2. The number of benzene rings is 1. The molecule has 0 saturated heterocycles. The van der Waals surface area contributed by atoms with Gasteiger partial charge in [0.1, 0.15) is 6.61 Å². The van der Waals surface area contributed by atoms with E-state index in [1.165, 1.54) is 11.3 Å². The van der Waals surface area contributed by atoms with Crippen LogP contribution < -0.4 is 0 Å². The highest BCUT2D eigenvalue weighted by molar-refractivity contribution is 7.15. The Labute approximate surface area is 135 Å².